The first-order valence-electron chi connectivity index (χ1n) is 8.31. The normalized spacial score (nSPS) is 31.6. The Morgan fingerprint density at radius 1 is 1.36 bits per heavy atom. The van der Waals surface area contributed by atoms with Crippen molar-refractivity contribution in [2.45, 2.75) is 51.2 Å². The van der Waals surface area contributed by atoms with E-state index in [0.29, 0.717) is 17.8 Å². The Kier molecular flexibility index (Phi) is 3.33. The number of anilines is 1. The summed E-state index contributed by atoms with van der Waals surface area (Å²) in [5.41, 5.74) is 1.28. The van der Waals surface area contributed by atoms with E-state index in [-0.39, 0.29) is 17.5 Å². The highest BCUT2D eigenvalue weighted by molar-refractivity contribution is 5.88. The van der Waals surface area contributed by atoms with E-state index in [2.05, 4.69) is 15.6 Å². The number of amides is 2. The fourth-order valence-corrected chi connectivity index (χ4v) is 4.74. The highest BCUT2D eigenvalue weighted by Crippen LogP contribution is 2.60. The molecule has 22 heavy (non-hydrogen) atoms. The molecule has 2 amide bonds. The lowest BCUT2D eigenvalue weighted by molar-refractivity contribution is -0.125. The number of hydrogen-bond acceptors (Lipinski definition) is 3. The third kappa shape index (κ3) is 2.10. The van der Waals surface area contributed by atoms with E-state index in [1.54, 1.807) is 6.20 Å². The molecule has 118 valence electrons. The number of ether oxygens (including phenoxy) is 1. The predicted octanol–water partition coefficient (Wildman–Crippen LogP) is 2.86. The van der Waals surface area contributed by atoms with Crippen LogP contribution >= 0.6 is 0 Å². The SMILES string of the molecule is Cc1ccc(NC(=O)N[C@@H]2[C@@H]3CCO[C@H]3C23CCCC3)nc1. The van der Waals surface area contributed by atoms with Crippen molar-refractivity contribution in [2.75, 3.05) is 11.9 Å². The van der Waals surface area contributed by atoms with Crippen LogP contribution in [0.2, 0.25) is 0 Å². The molecule has 1 aromatic heterocycles. The van der Waals surface area contributed by atoms with E-state index in [4.69, 9.17) is 4.74 Å². The Balaban J connectivity index is 1.43. The second-order valence-electron chi connectivity index (χ2n) is 6.98. The van der Waals surface area contributed by atoms with Gasteiger partial charge in [0.15, 0.2) is 0 Å². The average Bonchev–Trinajstić information content (AvgIpc) is 3.15. The van der Waals surface area contributed by atoms with Gasteiger partial charge in [-0.15, -0.1) is 0 Å². The minimum absolute atomic E-state index is 0.141. The Labute approximate surface area is 130 Å². The van der Waals surface area contributed by atoms with Crippen LogP contribution in [-0.4, -0.2) is 29.8 Å². The number of aromatic nitrogens is 1. The van der Waals surface area contributed by atoms with Gasteiger partial charge in [-0.2, -0.15) is 0 Å². The van der Waals surface area contributed by atoms with Crippen LogP contribution < -0.4 is 10.6 Å². The van der Waals surface area contributed by atoms with Crippen LogP contribution in [0, 0.1) is 18.3 Å². The Morgan fingerprint density at radius 3 is 2.91 bits per heavy atom. The third-order valence-corrected chi connectivity index (χ3v) is 5.73. The lowest BCUT2D eigenvalue weighted by atomic mass is 9.54. The first-order chi connectivity index (χ1) is 10.7. The molecule has 0 aromatic carbocycles. The van der Waals surface area contributed by atoms with Crippen molar-refractivity contribution < 1.29 is 9.53 Å². The number of carbonyl (C=O) groups is 1. The molecule has 4 rings (SSSR count). The predicted molar refractivity (Wildman–Crippen MR) is 83.7 cm³/mol. The monoisotopic (exact) mass is 301 g/mol. The van der Waals surface area contributed by atoms with Gasteiger partial charge in [-0.1, -0.05) is 18.9 Å². The molecule has 5 nitrogen and oxygen atoms in total. The number of nitrogens with zero attached hydrogens (tertiary/aromatic N) is 1. The van der Waals surface area contributed by atoms with E-state index >= 15 is 0 Å². The van der Waals surface area contributed by atoms with Crippen molar-refractivity contribution in [3.63, 3.8) is 0 Å². The molecule has 2 heterocycles. The van der Waals surface area contributed by atoms with Crippen molar-refractivity contribution in [2.24, 2.45) is 11.3 Å². The Hall–Kier alpha value is -1.62. The molecule has 1 spiro atoms. The second-order valence-corrected chi connectivity index (χ2v) is 6.98. The molecule has 1 aromatic rings. The maximum absolute atomic E-state index is 12.3. The zero-order valence-electron chi connectivity index (χ0n) is 13.0. The van der Waals surface area contributed by atoms with Crippen LogP contribution in [0.1, 0.15) is 37.7 Å². The second kappa shape index (κ2) is 5.23. The van der Waals surface area contributed by atoms with E-state index in [1.165, 1.54) is 25.7 Å². The minimum Gasteiger partial charge on any atom is -0.377 e. The first kappa shape index (κ1) is 14.0. The van der Waals surface area contributed by atoms with Gasteiger partial charge >= 0.3 is 6.03 Å². The molecule has 3 aliphatic rings. The van der Waals surface area contributed by atoms with E-state index < -0.39 is 0 Å². The van der Waals surface area contributed by atoms with Crippen LogP contribution in [0.15, 0.2) is 18.3 Å². The zero-order valence-corrected chi connectivity index (χ0v) is 13.0. The van der Waals surface area contributed by atoms with Crippen molar-refractivity contribution in [1.82, 2.24) is 10.3 Å². The van der Waals surface area contributed by atoms with E-state index in [9.17, 15) is 4.79 Å². The van der Waals surface area contributed by atoms with Gasteiger partial charge in [-0.25, -0.2) is 9.78 Å². The molecular formula is C17H23N3O2. The maximum atomic E-state index is 12.3. The van der Waals surface area contributed by atoms with Gasteiger partial charge < -0.3 is 10.1 Å². The van der Waals surface area contributed by atoms with Crippen molar-refractivity contribution in [3.05, 3.63) is 23.9 Å². The van der Waals surface area contributed by atoms with Crippen molar-refractivity contribution in [1.29, 1.82) is 0 Å². The molecule has 1 saturated heterocycles. The van der Waals surface area contributed by atoms with Gasteiger partial charge in [-0.3, -0.25) is 5.32 Å². The van der Waals surface area contributed by atoms with Crippen LogP contribution in [-0.2, 0) is 4.74 Å². The summed E-state index contributed by atoms with van der Waals surface area (Å²) in [5, 5.41) is 6.07. The number of carbonyl (C=O) groups excluding carboxylic acids is 1. The largest absolute Gasteiger partial charge is 0.377 e. The summed E-state index contributed by atoms with van der Waals surface area (Å²) in [5.74, 6) is 1.09. The number of fused-ring (bicyclic) bond motifs is 2. The molecule has 2 N–H and O–H groups in total. The van der Waals surface area contributed by atoms with Crippen LogP contribution in [0.5, 0.6) is 0 Å². The molecule has 2 aliphatic carbocycles. The van der Waals surface area contributed by atoms with Crippen LogP contribution in [0.3, 0.4) is 0 Å². The van der Waals surface area contributed by atoms with Gasteiger partial charge in [0.2, 0.25) is 0 Å². The summed E-state index contributed by atoms with van der Waals surface area (Å²) >= 11 is 0. The standard InChI is InChI=1S/C17H23N3O2/c1-11-4-5-13(18-10-11)19-16(21)20-14-12-6-9-22-15(12)17(14)7-2-3-8-17/h4-5,10,12,14-15H,2-3,6-9H2,1H3,(H2,18,19,20,21)/t12-,14+,15+/m0/s1. The number of urea groups is 1. The van der Waals surface area contributed by atoms with Crippen LogP contribution in [0.25, 0.3) is 0 Å². The summed E-state index contributed by atoms with van der Waals surface area (Å²) in [7, 11) is 0. The number of hydrogen-bond donors (Lipinski definition) is 2. The van der Waals surface area contributed by atoms with Gasteiger partial charge in [0, 0.05) is 30.2 Å². The number of pyridine rings is 1. The molecule has 5 heteroatoms. The number of rotatable bonds is 2. The molecule has 0 unspecified atom stereocenters. The topological polar surface area (TPSA) is 63.2 Å². The quantitative estimate of drug-likeness (QED) is 0.883. The lowest BCUT2D eigenvalue weighted by Gasteiger charge is -2.56. The maximum Gasteiger partial charge on any atom is 0.320 e. The van der Waals surface area contributed by atoms with Gasteiger partial charge in [0.05, 0.1) is 6.10 Å². The van der Waals surface area contributed by atoms with Gasteiger partial charge in [-0.05, 0) is 37.8 Å². The fourth-order valence-electron chi connectivity index (χ4n) is 4.74. The third-order valence-electron chi connectivity index (χ3n) is 5.73. The van der Waals surface area contributed by atoms with E-state index in [0.717, 1.165) is 18.6 Å². The summed E-state index contributed by atoms with van der Waals surface area (Å²) in [6.45, 7) is 2.83. The molecule has 3 fully saturated rings. The molecule has 0 radical (unpaired) electrons. The Bertz CT molecular complexity index is 566. The summed E-state index contributed by atoms with van der Waals surface area (Å²) < 4.78 is 5.95. The lowest BCUT2D eigenvalue weighted by Crippen LogP contribution is -2.68. The smallest absolute Gasteiger partial charge is 0.320 e. The fraction of sp³-hybridized carbons (Fsp3) is 0.647. The molecule has 1 aliphatic heterocycles. The first-order valence-corrected chi connectivity index (χ1v) is 8.31. The highest BCUT2D eigenvalue weighted by Gasteiger charge is 2.65. The molecular weight excluding hydrogens is 278 g/mol. The van der Waals surface area contributed by atoms with Gasteiger partial charge in [0.25, 0.3) is 0 Å². The van der Waals surface area contributed by atoms with Gasteiger partial charge in [0.1, 0.15) is 5.82 Å². The average molecular weight is 301 g/mol. The highest BCUT2D eigenvalue weighted by atomic mass is 16.5. The van der Waals surface area contributed by atoms with Crippen molar-refractivity contribution >= 4 is 11.8 Å². The number of aryl methyl sites for hydroxylation is 1. The molecule has 3 atom stereocenters. The molecule has 0 bridgehead atoms. The zero-order chi connectivity index (χ0) is 15.2. The molecule has 2 saturated carbocycles. The number of nitrogens with one attached hydrogen (secondary N) is 2. The Morgan fingerprint density at radius 2 is 2.18 bits per heavy atom. The summed E-state index contributed by atoms with van der Waals surface area (Å²) in [6.07, 6.45) is 8.08. The van der Waals surface area contributed by atoms with Crippen molar-refractivity contribution in [3.8, 4) is 0 Å². The minimum atomic E-state index is -0.141. The summed E-state index contributed by atoms with van der Waals surface area (Å²) in [6, 6.07) is 3.90. The van der Waals surface area contributed by atoms with E-state index in [1.807, 2.05) is 19.1 Å². The summed E-state index contributed by atoms with van der Waals surface area (Å²) in [4.78, 5) is 16.6. The van der Waals surface area contributed by atoms with Crippen LogP contribution in [0.4, 0.5) is 10.6 Å².